The van der Waals surface area contributed by atoms with E-state index in [1.807, 2.05) is 30.8 Å². The van der Waals surface area contributed by atoms with Crippen LogP contribution in [0.15, 0.2) is 17.2 Å². The van der Waals surface area contributed by atoms with Gasteiger partial charge in [0.15, 0.2) is 0 Å². The topological polar surface area (TPSA) is 48.1 Å². The molecule has 1 aromatic rings. The van der Waals surface area contributed by atoms with E-state index >= 15 is 0 Å². The fourth-order valence-corrected chi connectivity index (χ4v) is 3.12. The maximum Gasteiger partial charge on any atom is 0.238 e. The van der Waals surface area contributed by atoms with E-state index in [0.29, 0.717) is 18.2 Å². The summed E-state index contributed by atoms with van der Waals surface area (Å²) in [6.07, 6.45) is 5.32. The Bertz CT molecular complexity index is 351. The molecular formula is C12H18N2OS. The normalized spacial score (nSPS) is 16.6. The van der Waals surface area contributed by atoms with Gasteiger partial charge in [-0.1, -0.05) is 12.8 Å². The Morgan fingerprint density at radius 1 is 1.44 bits per heavy atom. The molecule has 1 heterocycles. The van der Waals surface area contributed by atoms with Gasteiger partial charge in [0.1, 0.15) is 5.03 Å². The minimum atomic E-state index is 0.575. The summed E-state index contributed by atoms with van der Waals surface area (Å²) in [5.41, 5.74) is 6.41. The second-order valence-electron chi connectivity index (χ2n) is 4.00. The first-order valence-corrected chi connectivity index (χ1v) is 6.73. The molecule has 1 fully saturated rings. The summed E-state index contributed by atoms with van der Waals surface area (Å²) >= 11 is 1.85. The SMILES string of the molecule is CCOc1nc(SC2CCCC2)ccc1N. The van der Waals surface area contributed by atoms with Gasteiger partial charge in [0.2, 0.25) is 5.88 Å². The summed E-state index contributed by atoms with van der Waals surface area (Å²) in [6, 6.07) is 3.87. The minimum Gasteiger partial charge on any atom is -0.476 e. The number of aromatic nitrogens is 1. The summed E-state index contributed by atoms with van der Waals surface area (Å²) < 4.78 is 5.39. The lowest BCUT2D eigenvalue weighted by Gasteiger charge is -2.10. The smallest absolute Gasteiger partial charge is 0.238 e. The van der Waals surface area contributed by atoms with Crippen molar-refractivity contribution >= 4 is 17.4 Å². The van der Waals surface area contributed by atoms with Gasteiger partial charge in [0.05, 0.1) is 12.3 Å². The highest BCUT2D eigenvalue weighted by atomic mass is 32.2. The first-order valence-electron chi connectivity index (χ1n) is 5.85. The third kappa shape index (κ3) is 2.82. The van der Waals surface area contributed by atoms with Gasteiger partial charge in [-0.15, -0.1) is 11.8 Å². The van der Waals surface area contributed by atoms with Gasteiger partial charge in [0.25, 0.3) is 0 Å². The number of thioether (sulfide) groups is 1. The maximum atomic E-state index is 5.79. The Morgan fingerprint density at radius 2 is 2.19 bits per heavy atom. The number of nitrogens with two attached hydrogens (primary N) is 1. The van der Waals surface area contributed by atoms with Gasteiger partial charge < -0.3 is 10.5 Å². The highest BCUT2D eigenvalue weighted by Crippen LogP contribution is 2.35. The van der Waals surface area contributed by atoms with Gasteiger partial charge in [-0.25, -0.2) is 4.98 Å². The molecule has 0 radical (unpaired) electrons. The van der Waals surface area contributed by atoms with Crippen molar-refractivity contribution in [3.05, 3.63) is 12.1 Å². The second kappa shape index (κ2) is 5.43. The third-order valence-electron chi connectivity index (χ3n) is 2.73. The zero-order valence-corrected chi connectivity index (χ0v) is 10.4. The average molecular weight is 238 g/mol. The lowest BCUT2D eigenvalue weighted by molar-refractivity contribution is 0.326. The van der Waals surface area contributed by atoms with Crippen molar-refractivity contribution in [2.75, 3.05) is 12.3 Å². The van der Waals surface area contributed by atoms with Crippen LogP contribution >= 0.6 is 11.8 Å². The van der Waals surface area contributed by atoms with Gasteiger partial charge in [-0.2, -0.15) is 0 Å². The van der Waals surface area contributed by atoms with E-state index in [1.54, 1.807) is 0 Å². The summed E-state index contributed by atoms with van der Waals surface area (Å²) in [5.74, 6) is 0.575. The molecule has 1 saturated carbocycles. The van der Waals surface area contributed by atoms with Crippen LogP contribution in [0.3, 0.4) is 0 Å². The average Bonchev–Trinajstić information content (AvgIpc) is 2.76. The van der Waals surface area contributed by atoms with Crippen molar-refractivity contribution in [3.8, 4) is 5.88 Å². The van der Waals surface area contributed by atoms with E-state index in [4.69, 9.17) is 10.5 Å². The Balaban J connectivity index is 2.05. The van der Waals surface area contributed by atoms with Crippen LogP contribution in [0.4, 0.5) is 5.69 Å². The van der Waals surface area contributed by atoms with Crippen LogP contribution in [0.25, 0.3) is 0 Å². The van der Waals surface area contributed by atoms with E-state index in [0.717, 1.165) is 10.3 Å². The Hall–Kier alpha value is -0.900. The summed E-state index contributed by atoms with van der Waals surface area (Å²) in [5, 5.41) is 1.76. The van der Waals surface area contributed by atoms with Crippen molar-refractivity contribution in [3.63, 3.8) is 0 Å². The van der Waals surface area contributed by atoms with E-state index in [-0.39, 0.29) is 0 Å². The molecule has 0 bridgehead atoms. The van der Waals surface area contributed by atoms with Crippen molar-refractivity contribution in [2.45, 2.75) is 42.9 Å². The van der Waals surface area contributed by atoms with Gasteiger partial charge >= 0.3 is 0 Å². The number of ether oxygens (including phenoxy) is 1. The molecular weight excluding hydrogens is 220 g/mol. The van der Waals surface area contributed by atoms with Crippen molar-refractivity contribution in [1.29, 1.82) is 0 Å². The monoisotopic (exact) mass is 238 g/mol. The number of nitrogen functional groups attached to an aromatic ring is 1. The fourth-order valence-electron chi connectivity index (χ4n) is 1.93. The van der Waals surface area contributed by atoms with Crippen LogP contribution in [0, 0.1) is 0 Å². The predicted molar refractivity (Wildman–Crippen MR) is 67.9 cm³/mol. The number of pyridine rings is 1. The fraction of sp³-hybridized carbons (Fsp3) is 0.583. The van der Waals surface area contributed by atoms with E-state index in [2.05, 4.69) is 4.98 Å². The Kier molecular flexibility index (Phi) is 3.93. The molecule has 0 unspecified atom stereocenters. The molecule has 1 aliphatic rings. The summed E-state index contributed by atoms with van der Waals surface area (Å²) in [7, 11) is 0. The molecule has 3 nitrogen and oxygen atoms in total. The molecule has 0 saturated heterocycles. The van der Waals surface area contributed by atoms with Crippen molar-refractivity contribution in [1.82, 2.24) is 4.98 Å². The maximum absolute atomic E-state index is 5.79. The molecule has 0 aromatic carbocycles. The lowest BCUT2D eigenvalue weighted by Crippen LogP contribution is -2.01. The number of rotatable bonds is 4. The van der Waals surface area contributed by atoms with E-state index < -0.39 is 0 Å². The molecule has 88 valence electrons. The van der Waals surface area contributed by atoms with Gasteiger partial charge in [-0.3, -0.25) is 0 Å². The van der Waals surface area contributed by atoms with Crippen molar-refractivity contribution < 1.29 is 4.74 Å². The molecule has 0 spiro atoms. The molecule has 1 aromatic heterocycles. The number of hydrogen-bond donors (Lipinski definition) is 1. The zero-order chi connectivity index (χ0) is 11.4. The number of hydrogen-bond acceptors (Lipinski definition) is 4. The number of anilines is 1. The summed E-state index contributed by atoms with van der Waals surface area (Å²) in [4.78, 5) is 4.44. The van der Waals surface area contributed by atoms with Gasteiger partial charge in [0, 0.05) is 5.25 Å². The highest BCUT2D eigenvalue weighted by Gasteiger charge is 2.17. The first-order chi connectivity index (χ1) is 7.79. The molecule has 16 heavy (non-hydrogen) atoms. The van der Waals surface area contributed by atoms with Crippen LogP contribution in [-0.2, 0) is 0 Å². The highest BCUT2D eigenvalue weighted by molar-refractivity contribution is 7.99. The largest absolute Gasteiger partial charge is 0.476 e. The first kappa shape index (κ1) is 11.6. The van der Waals surface area contributed by atoms with Crippen LogP contribution in [-0.4, -0.2) is 16.8 Å². The Morgan fingerprint density at radius 3 is 2.88 bits per heavy atom. The minimum absolute atomic E-state index is 0.575. The van der Waals surface area contributed by atoms with E-state index in [9.17, 15) is 0 Å². The van der Waals surface area contributed by atoms with Crippen LogP contribution in [0.1, 0.15) is 32.6 Å². The van der Waals surface area contributed by atoms with Gasteiger partial charge in [-0.05, 0) is 31.9 Å². The summed E-state index contributed by atoms with van der Waals surface area (Å²) in [6.45, 7) is 2.55. The predicted octanol–water partition coefficient (Wildman–Crippen LogP) is 3.10. The van der Waals surface area contributed by atoms with Crippen LogP contribution < -0.4 is 10.5 Å². The molecule has 2 N–H and O–H groups in total. The van der Waals surface area contributed by atoms with Crippen LogP contribution in [0.5, 0.6) is 5.88 Å². The lowest BCUT2D eigenvalue weighted by atomic mass is 10.4. The molecule has 0 amide bonds. The molecule has 0 aliphatic heterocycles. The molecule has 1 aliphatic carbocycles. The number of nitrogens with zero attached hydrogens (tertiary/aromatic N) is 1. The second-order valence-corrected chi connectivity index (χ2v) is 5.32. The molecule has 0 atom stereocenters. The third-order valence-corrected chi connectivity index (χ3v) is 4.01. The zero-order valence-electron chi connectivity index (χ0n) is 9.61. The standard InChI is InChI=1S/C12H18N2OS/c1-2-15-12-10(13)7-8-11(14-12)16-9-5-3-4-6-9/h7-9H,2-6,13H2,1H3. The molecule has 2 rings (SSSR count). The van der Waals surface area contributed by atoms with Crippen molar-refractivity contribution in [2.24, 2.45) is 0 Å². The van der Waals surface area contributed by atoms with E-state index in [1.165, 1.54) is 25.7 Å². The quantitative estimate of drug-likeness (QED) is 0.875. The molecule has 4 heteroatoms. The van der Waals surface area contributed by atoms with Crippen LogP contribution in [0.2, 0.25) is 0 Å². The Labute approximate surface area is 101 Å².